The van der Waals surface area contributed by atoms with Crippen LogP contribution in [-0.4, -0.2) is 25.5 Å². The molecule has 6 nitrogen and oxygen atoms in total. The molecule has 2 aromatic heterocycles. The lowest BCUT2D eigenvalue weighted by molar-refractivity contribution is -0.115. The Bertz CT molecular complexity index is 876. The van der Waals surface area contributed by atoms with Crippen molar-refractivity contribution in [2.75, 3.05) is 5.32 Å². The van der Waals surface area contributed by atoms with E-state index in [4.69, 9.17) is 0 Å². The van der Waals surface area contributed by atoms with Crippen LogP contribution in [0.25, 0.3) is 5.69 Å². The summed E-state index contributed by atoms with van der Waals surface area (Å²) in [6.45, 7) is 9.18. The van der Waals surface area contributed by atoms with Crippen LogP contribution < -0.4 is 5.32 Å². The largest absolute Gasteiger partial charge is 0.326 e. The Labute approximate surface area is 153 Å². The minimum absolute atomic E-state index is 0.0351. The fourth-order valence-corrected chi connectivity index (χ4v) is 3.00. The van der Waals surface area contributed by atoms with Crippen LogP contribution >= 0.6 is 0 Å². The van der Waals surface area contributed by atoms with Crippen LogP contribution in [0, 0.1) is 19.8 Å². The van der Waals surface area contributed by atoms with Gasteiger partial charge in [0.05, 0.1) is 17.8 Å². The zero-order chi connectivity index (χ0) is 18.7. The molecule has 0 fully saturated rings. The van der Waals surface area contributed by atoms with Gasteiger partial charge in [0.25, 0.3) is 0 Å². The van der Waals surface area contributed by atoms with Crippen molar-refractivity contribution in [1.29, 1.82) is 0 Å². The van der Waals surface area contributed by atoms with E-state index in [1.165, 1.54) is 0 Å². The maximum absolute atomic E-state index is 12.5. The molecule has 3 rings (SSSR count). The van der Waals surface area contributed by atoms with E-state index in [1.807, 2.05) is 55.1 Å². The van der Waals surface area contributed by atoms with Gasteiger partial charge in [-0.1, -0.05) is 13.8 Å². The third-order valence-electron chi connectivity index (χ3n) is 4.33. The van der Waals surface area contributed by atoms with Gasteiger partial charge in [-0.15, -0.1) is 0 Å². The van der Waals surface area contributed by atoms with Gasteiger partial charge in [-0.05, 0) is 50.1 Å². The van der Waals surface area contributed by atoms with Crippen LogP contribution in [0.2, 0.25) is 0 Å². The number of nitrogens with zero attached hydrogens (tertiary/aromatic N) is 4. The molecule has 0 aliphatic carbocycles. The Morgan fingerprint density at radius 2 is 1.92 bits per heavy atom. The zero-order valence-electron chi connectivity index (χ0n) is 15.7. The molecule has 1 N–H and O–H groups in total. The second-order valence-corrected chi connectivity index (χ2v) is 6.95. The topological polar surface area (TPSA) is 64.7 Å². The molecule has 0 atom stereocenters. The van der Waals surface area contributed by atoms with Gasteiger partial charge in [-0.25, -0.2) is 4.68 Å². The first-order chi connectivity index (χ1) is 12.4. The number of hydrogen-bond acceptors (Lipinski definition) is 3. The number of aryl methyl sites for hydroxylation is 1. The SMILES string of the molecule is Cc1nn(CC(C)C)c(C)c1CC(=O)Nc1ccc(-n2cccn2)cc1. The van der Waals surface area contributed by atoms with Crippen LogP contribution in [0.4, 0.5) is 5.69 Å². The summed E-state index contributed by atoms with van der Waals surface area (Å²) in [5, 5.41) is 11.7. The molecule has 0 aliphatic heterocycles. The lowest BCUT2D eigenvalue weighted by Gasteiger charge is -2.09. The Balaban J connectivity index is 1.67. The molecular weight excluding hydrogens is 326 g/mol. The molecule has 26 heavy (non-hydrogen) atoms. The predicted molar refractivity (Wildman–Crippen MR) is 102 cm³/mol. The number of benzene rings is 1. The van der Waals surface area contributed by atoms with E-state index in [1.54, 1.807) is 10.9 Å². The average molecular weight is 351 g/mol. The number of carbonyl (C=O) groups excluding carboxylic acids is 1. The van der Waals surface area contributed by atoms with Crippen LogP contribution in [0.3, 0.4) is 0 Å². The quantitative estimate of drug-likeness (QED) is 0.739. The number of hydrogen-bond donors (Lipinski definition) is 1. The molecule has 0 saturated carbocycles. The second-order valence-electron chi connectivity index (χ2n) is 6.95. The van der Waals surface area contributed by atoms with Crippen molar-refractivity contribution in [3.8, 4) is 5.69 Å². The van der Waals surface area contributed by atoms with Gasteiger partial charge >= 0.3 is 0 Å². The van der Waals surface area contributed by atoms with Crippen molar-refractivity contribution in [1.82, 2.24) is 19.6 Å². The first-order valence-corrected chi connectivity index (χ1v) is 8.87. The molecule has 3 aromatic rings. The van der Waals surface area contributed by atoms with E-state index in [0.717, 1.165) is 34.9 Å². The number of rotatable bonds is 6. The van der Waals surface area contributed by atoms with Gasteiger partial charge in [0.1, 0.15) is 0 Å². The Morgan fingerprint density at radius 3 is 2.54 bits per heavy atom. The summed E-state index contributed by atoms with van der Waals surface area (Å²) in [6.07, 6.45) is 3.95. The van der Waals surface area contributed by atoms with E-state index in [2.05, 4.69) is 29.4 Å². The molecule has 6 heteroatoms. The Kier molecular flexibility index (Phi) is 5.21. The van der Waals surface area contributed by atoms with Crippen LogP contribution in [-0.2, 0) is 17.8 Å². The second kappa shape index (κ2) is 7.56. The van der Waals surface area contributed by atoms with E-state index in [9.17, 15) is 4.79 Å². The average Bonchev–Trinajstić information content (AvgIpc) is 3.20. The summed E-state index contributed by atoms with van der Waals surface area (Å²) in [6, 6.07) is 9.51. The molecule has 0 radical (unpaired) electrons. The number of nitrogens with one attached hydrogen (secondary N) is 1. The van der Waals surface area contributed by atoms with Gasteiger partial charge in [0.15, 0.2) is 0 Å². The maximum Gasteiger partial charge on any atom is 0.228 e. The normalized spacial score (nSPS) is 11.1. The maximum atomic E-state index is 12.5. The molecule has 0 aliphatic rings. The third kappa shape index (κ3) is 4.02. The lowest BCUT2D eigenvalue weighted by Crippen LogP contribution is -2.15. The fourth-order valence-electron chi connectivity index (χ4n) is 3.00. The van der Waals surface area contributed by atoms with Crippen LogP contribution in [0.1, 0.15) is 30.8 Å². The van der Waals surface area contributed by atoms with Crippen molar-refractivity contribution in [3.05, 3.63) is 59.7 Å². The van der Waals surface area contributed by atoms with Crippen molar-refractivity contribution in [3.63, 3.8) is 0 Å². The molecule has 1 amide bonds. The van der Waals surface area contributed by atoms with Gasteiger partial charge in [0, 0.05) is 35.9 Å². The smallest absolute Gasteiger partial charge is 0.228 e. The van der Waals surface area contributed by atoms with E-state index in [-0.39, 0.29) is 5.91 Å². The summed E-state index contributed by atoms with van der Waals surface area (Å²) < 4.78 is 3.78. The number of amides is 1. The Morgan fingerprint density at radius 1 is 1.19 bits per heavy atom. The van der Waals surface area contributed by atoms with Gasteiger partial charge in [0.2, 0.25) is 5.91 Å². The predicted octanol–water partition coefficient (Wildman–Crippen LogP) is 3.52. The minimum Gasteiger partial charge on any atom is -0.326 e. The van der Waals surface area contributed by atoms with Crippen molar-refractivity contribution in [2.45, 2.75) is 40.7 Å². The highest BCUT2D eigenvalue weighted by molar-refractivity contribution is 5.92. The van der Waals surface area contributed by atoms with Crippen molar-refractivity contribution >= 4 is 11.6 Å². The summed E-state index contributed by atoms with van der Waals surface area (Å²) in [7, 11) is 0. The van der Waals surface area contributed by atoms with Gasteiger partial charge < -0.3 is 5.32 Å². The molecule has 0 unspecified atom stereocenters. The van der Waals surface area contributed by atoms with E-state index < -0.39 is 0 Å². The van der Waals surface area contributed by atoms with E-state index >= 15 is 0 Å². The molecule has 0 spiro atoms. The molecular formula is C20H25N5O. The van der Waals surface area contributed by atoms with Gasteiger partial charge in [-0.2, -0.15) is 10.2 Å². The van der Waals surface area contributed by atoms with Gasteiger partial charge in [-0.3, -0.25) is 9.48 Å². The highest BCUT2D eigenvalue weighted by Gasteiger charge is 2.15. The monoisotopic (exact) mass is 351 g/mol. The standard InChI is InChI=1S/C20H25N5O/c1-14(2)13-25-16(4)19(15(3)23-25)12-20(26)22-17-6-8-18(9-7-17)24-11-5-10-21-24/h5-11,14H,12-13H2,1-4H3,(H,22,26). The van der Waals surface area contributed by atoms with E-state index in [0.29, 0.717) is 12.3 Å². The molecule has 2 heterocycles. The summed E-state index contributed by atoms with van der Waals surface area (Å²) in [4.78, 5) is 12.5. The Hall–Kier alpha value is -2.89. The van der Waals surface area contributed by atoms with Crippen molar-refractivity contribution in [2.24, 2.45) is 5.92 Å². The highest BCUT2D eigenvalue weighted by Crippen LogP contribution is 2.17. The minimum atomic E-state index is -0.0351. The lowest BCUT2D eigenvalue weighted by atomic mass is 10.1. The summed E-state index contributed by atoms with van der Waals surface area (Å²) in [5.41, 5.74) is 4.73. The first-order valence-electron chi connectivity index (χ1n) is 8.87. The molecule has 0 bridgehead atoms. The molecule has 1 aromatic carbocycles. The number of carbonyl (C=O) groups is 1. The van der Waals surface area contributed by atoms with Crippen molar-refractivity contribution < 1.29 is 4.79 Å². The number of anilines is 1. The van der Waals surface area contributed by atoms with Crippen LogP contribution in [0.15, 0.2) is 42.7 Å². The molecule has 136 valence electrons. The van der Waals surface area contributed by atoms with Crippen LogP contribution in [0.5, 0.6) is 0 Å². The summed E-state index contributed by atoms with van der Waals surface area (Å²) >= 11 is 0. The first kappa shape index (κ1) is 17.9. The zero-order valence-corrected chi connectivity index (χ0v) is 15.7. The number of aromatic nitrogens is 4. The fraction of sp³-hybridized carbons (Fsp3) is 0.350. The third-order valence-corrected chi connectivity index (χ3v) is 4.33. The molecule has 0 saturated heterocycles. The summed E-state index contributed by atoms with van der Waals surface area (Å²) in [5.74, 6) is 0.482. The highest BCUT2D eigenvalue weighted by atomic mass is 16.1.